The second kappa shape index (κ2) is 14.4. The SMILES string of the molecule is CCCCC1=[N+](CCC[Si](OCC)(OCC)OCC)CCN1.F[B-](F)(F)F. The molecule has 0 spiro atoms. The summed E-state index contributed by atoms with van der Waals surface area (Å²) >= 11 is 0. The first-order valence-corrected chi connectivity index (χ1v) is 11.8. The van der Waals surface area contributed by atoms with E-state index in [4.69, 9.17) is 13.3 Å². The molecule has 0 aromatic carbocycles. The molecule has 0 aromatic rings. The highest BCUT2D eigenvalue weighted by molar-refractivity contribution is 6.60. The number of hydrogen-bond donors (Lipinski definition) is 1. The molecule has 162 valence electrons. The summed E-state index contributed by atoms with van der Waals surface area (Å²) in [6.07, 6.45) is 4.73. The van der Waals surface area contributed by atoms with Crippen LogP contribution in [0.15, 0.2) is 0 Å². The number of unbranched alkanes of at least 4 members (excludes halogenated alkanes) is 1. The molecule has 11 heteroatoms. The van der Waals surface area contributed by atoms with Gasteiger partial charge in [-0.15, -0.1) is 0 Å². The summed E-state index contributed by atoms with van der Waals surface area (Å²) in [5, 5.41) is 3.52. The van der Waals surface area contributed by atoms with Crippen LogP contribution in [0.25, 0.3) is 0 Å². The molecule has 1 N–H and O–H groups in total. The predicted molar refractivity (Wildman–Crippen MR) is 103 cm³/mol. The van der Waals surface area contributed by atoms with Crippen LogP contribution in [0.3, 0.4) is 0 Å². The molecular formula is C16H35BF4N2O3Si. The molecule has 0 aromatic heterocycles. The van der Waals surface area contributed by atoms with Crippen molar-refractivity contribution in [3.8, 4) is 0 Å². The van der Waals surface area contributed by atoms with Crippen LogP contribution in [0.4, 0.5) is 17.3 Å². The summed E-state index contributed by atoms with van der Waals surface area (Å²) < 4.78 is 59.2. The highest BCUT2D eigenvalue weighted by Gasteiger charge is 2.40. The Labute approximate surface area is 161 Å². The predicted octanol–water partition coefficient (Wildman–Crippen LogP) is 3.93. The van der Waals surface area contributed by atoms with Gasteiger partial charge in [0.05, 0.1) is 6.54 Å². The largest absolute Gasteiger partial charge is 0.673 e. The molecule has 1 aliphatic rings. The minimum Gasteiger partial charge on any atom is -0.418 e. The van der Waals surface area contributed by atoms with Crippen LogP contribution >= 0.6 is 0 Å². The molecule has 0 saturated heterocycles. The van der Waals surface area contributed by atoms with Crippen LogP contribution in [0.2, 0.25) is 6.04 Å². The van der Waals surface area contributed by atoms with Gasteiger partial charge in [0.2, 0.25) is 5.84 Å². The van der Waals surface area contributed by atoms with E-state index in [1.54, 1.807) is 0 Å². The zero-order chi connectivity index (χ0) is 20.8. The van der Waals surface area contributed by atoms with Crippen molar-refractivity contribution in [1.82, 2.24) is 5.32 Å². The maximum absolute atomic E-state index is 9.75. The Balaban J connectivity index is 0.00000119. The van der Waals surface area contributed by atoms with Crippen molar-refractivity contribution in [3.63, 3.8) is 0 Å². The molecule has 0 atom stereocenters. The lowest BCUT2D eigenvalue weighted by molar-refractivity contribution is -0.519. The molecule has 1 heterocycles. The summed E-state index contributed by atoms with van der Waals surface area (Å²) in [7, 11) is -8.47. The van der Waals surface area contributed by atoms with Gasteiger partial charge in [-0.05, 0) is 33.6 Å². The van der Waals surface area contributed by atoms with E-state index in [-0.39, 0.29) is 0 Å². The third-order valence-electron chi connectivity index (χ3n) is 3.86. The summed E-state index contributed by atoms with van der Waals surface area (Å²) in [4.78, 5) is 0. The van der Waals surface area contributed by atoms with Crippen LogP contribution in [-0.4, -0.2) is 65.9 Å². The standard InChI is InChI=1S/C16H34N2O3Si.BF4/c1-5-9-11-16-17-12-14-18(16)13-10-15-22(19-6-2,20-7-3)21-8-4;2-1(3,4)5/h5-15H2,1-4H3;/q;-1/p+1. The van der Waals surface area contributed by atoms with E-state index in [0.717, 1.165) is 32.1 Å². The molecule has 27 heavy (non-hydrogen) atoms. The van der Waals surface area contributed by atoms with Crippen molar-refractivity contribution < 1.29 is 35.1 Å². The Morgan fingerprint density at radius 3 is 1.93 bits per heavy atom. The van der Waals surface area contributed by atoms with E-state index >= 15 is 0 Å². The monoisotopic (exact) mass is 418 g/mol. The van der Waals surface area contributed by atoms with Crippen molar-refractivity contribution in [2.45, 2.75) is 59.4 Å². The molecule has 0 unspecified atom stereocenters. The zero-order valence-corrected chi connectivity index (χ0v) is 18.0. The number of halogens is 4. The number of rotatable bonds is 13. The normalized spacial score (nSPS) is 14.8. The van der Waals surface area contributed by atoms with Gasteiger partial charge in [0, 0.05) is 32.3 Å². The van der Waals surface area contributed by atoms with E-state index in [1.165, 1.54) is 25.1 Å². The van der Waals surface area contributed by atoms with Crippen molar-refractivity contribution in [1.29, 1.82) is 0 Å². The van der Waals surface area contributed by atoms with E-state index in [0.29, 0.717) is 19.8 Å². The topological polar surface area (TPSA) is 42.7 Å². The molecule has 1 aliphatic heterocycles. The molecule has 0 amide bonds. The van der Waals surface area contributed by atoms with Crippen molar-refractivity contribution in [2.24, 2.45) is 0 Å². The van der Waals surface area contributed by atoms with E-state index < -0.39 is 16.1 Å². The zero-order valence-electron chi connectivity index (χ0n) is 17.0. The second-order valence-electron chi connectivity index (χ2n) is 6.04. The lowest BCUT2D eigenvalue weighted by Gasteiger charge is -2.28. The average Bonchev–Trinajstić information content (AvgIpc) is 2.99. The molecule has 0 aliphatic carbocycles. The van der Waals surface area contributed by atoms with Gasteiger partial charge in [0.1, 0.15) is 13.1 Å². The minimum atomic E-state index is -6.00. The van der Waals surface area contributed by atoms with Gasteiger partial charge in [0.15, 0.2) is 0 Å². The van der Waals surface area contributed by atoms with Crippen LogP contribution in [0.1, 0.15) is 53.4 Å². The molecule has 1 rings (SSSR count). The van der Waals surface area contributed by atoms with Gasteiger partial charge >= 0.3 is 16.1 Å². The lowest BCUT2D eigenvalue weighted by atomic mass is 10.2. The molecule has 5 nitrogen and oxygen atoms in total. The number of nitrogens with one attached hydrogen (secondary N) is 1. The highest BCUT2D eigenvalue weighted by Crippen LogP contribution is 2.18. The summed E-state index contributed by atoms with van der Waals surface area (Å²) in [5.41, 5.74) is 0. The smallest absolute Gasteiger partial charge is 0.418 e. The Morgan fingerprint density at radius 2 is 1.48 bits per heavy atom. The third kappa shape index (κ3) is 13.2. The maximum atomic E-state index is 9.75. The van der Waals surface area contributed by atoms with Crippen molar-refractivity contribution in [2.75, 3.05) is 39.5 Å². The average molecular weight is 418 g/mol. The lowest BCUT2D eigenvalue weighted by Crippen LogP contribution is -2.46. The van der Waals surface area contributed by atoms with Crippen molar-refractivity contribution in [3.05, 3.63) is 0 Å². The fourth-order valence-electron chi connectivity index (χ4n) is 2.91. The first kappa shape index (κ1) is 26.4. The van der Waals surface area contributed by atoms with Gasteiger partial charge < -0.3 is 30.5 Å². The maximum Gasteiger partial charge on any atom is 0.673 e. The first-order valence-electron chi connectivity index (χ1n) is 9.85. The van der Waals surface area contributed by atoms with Gasteiger partial charge in [0.25, 0.3) is 0 Å². The van der Waals surface area contributed by atoms with Crippen LogP contribution in [0, 0.1) is 0 Å². The van der Waals surface area contributed by atoms with Crippen LogP contribution in [0.5, 0.6) is 0 Å². The Bertz CT molecular complexity index is 406. The Morgan fingerprint density at radius 1 is 0.963 bits per heavy atom. The second-order valence-corrected chi connectivity index (χ2v) is 8.78. The summed E-state index contributed by atoms with van der Waals surface area (Å²) in [6.45, 7) is 13.5. The van der Waals surface area contributed by atoms with E-state index in [1.807, 2.05) is 20.8 Å². The van der Waals surface area contributed by atoms with Crippen LogP contribution in [-0.2, 0) is 13.3 Å². The minimum absolute atomic E-state index is 0.658. The fraction of sp³-hybridized carbons (Fsp3) is 0.938. The van der Waals surface area contributed by atoms with Crippen molar-refractivity contribution >= 4 is 21.9 Å². The summed E-state index contributed by atoms with van der Waals surface area (Å²) in [6, 6.07) is 0.903. The summed E-state index contributed by atoms with van der Waals surface area (Å²) in [5.74, 6) is 1.42. The molecule has 0 bridgehead atoms. The van der Waals surface area contributed by atoms with E-state index in [2.05, 4.69) is 16.8 Å². The number of amidine groups is 1. The number of hydrogen-bond acceptors (Lipinski definition) is 4. The van der Waals surface area contributed by atoms with Gasteiger partial charge in [-0.1, -0.05) is 13.3 Å². The number of nitrogens with zero attached hydrogens (tertiary/aromatic N) is 1. The molecule has 0 radical (unpaired) electrons. The first-order chi connectivity index (χ1) is 12.7. The van der Waals surface area contributed by atoms with Gasteiger partial charge in [-0.3, -0.25) is 9.89 Å². The van der Waals surface area contributed by atoms with Gasteiger partial charge in [-0.25, -0.2) is 0 Å². The highest BCUT2D eigenvalue weighted by atomic mass is 28.4. The van der Waals surface area contributed by atoms with Crippen LogP contribution < -0.4 is 5.32 Å². The third-order valence-corrected chi connectivity index (χ3v) is 7.01. The molecular weight excluding hydrogens is 383 g/mol. The quantitative estimate of drug-likeness (QED) is 0.280. The van der Waals surface area contributed by atoms with Gasteiger partial charge in [-0.2, -0.15) is 0 Å². The Kier molecular flexibility index (Phi) is 14.0. The fourth-order valence-corrected chi connectivity index (χ4v) is 5.50. The molecule has 0 fully saturated rings. The van der Waals surface area contributed by atoms with E-state index in [9.17, 15) is 17.3 Å². The molecule has 0 saturated carbocycles. The Hall–Kier alpha value is -0.648.